The zero-order chi connectivity index (χ0) is 20.7. The lowest BCUT2D eigenvalue weighted by atomic mass is 9.94. The zero-order valence-electron chi connectivity index (χ0n) is 16.0. The predicted octanol–water partition coefficient (Wildman–Crippen LogP) is 4.44. The number of aromatic nitrogens is 3. The molecule has 148 valence electrons. The van der Waals surface area contributed by atoms with Gasteiger partial charge >= 0.3 is 6.01 Å². The number of benzene rings is 2. The van der Waals surface area contributed by atoms with Crippen LogP contribution in [-0.4, -0.2) is 34.2 Å². The van der Waals surface area contributed by atoms with Gasteiger partial charge in [-0.1, -0.05) is 13.0 Å². The largest absolute Gasteiger partial charge is 0.508 e. The number of anilines is 1. The van der Waals surface area contributed by atoms with Crippen LogP contribution in [-0.2, 0) is 6.42 Å². The third-order valence-electron chi connectivity index (χ3n) is 4.84. The van der Waals surface area contributed by atoms with Crippen LogP contribution < -0.4 is 10.1 Å². The Morgan fingerprint density at radius 3 is 2.66 bits per heavy atom. The zero-order valence-corrected chi connectivity index (χ0v) is 16.0. The maximum absolute atomic E-state index is 15.6. The number of hydrogen-bond acceptors (Lipinski definition) is 6. The van der Waals surface area contributed by atoms with Gasteiger partial charge in [-0.2, -0.15) is 9.97 Å². The van der Waals surface area contributed by atoms with E-state index in [1.807, 2.05) is 6.92 Å². The van der Waals surface area contributed by atoms with Crippen molar-refractivity contribution >= 4 is 27.5 Å². The summed E-state index contributed by atoms with van der Waals surface area (Å²) >= 11 is 0. The number of nitrogens with zero attached hydrogens (tertiary/aromatic N) is 3. The van der Waals surface area contributed by atoms with Crippen molar-refractivity contribution in [1.82, 2.24) is 15.0 Å². The van der Waals surface area contributed by atoms with Crippen molar-refractivity contribution in [3.63, 3.8) is 0 Å². The monoisotopic (exact) mass is 396 g/mol. The molecule has 8 heteroatoms. The number of pyridine rings is 1. The Kier molecular flexibility index (Phi) is 4.62. The number of phenolic OH excluding ortho intramolecular Hbond substituents is 1. The summed E-state index contributed by atoms with van der Waals surface area (Å²) in [4.78, 5) is 12.5. The van der Waals surface area contributed by atoms with Crippen LogP contribution in [0, 0.1) is 11.6 Å². The molecule has 0 unspecified atom stereocenters. The van der Waals surface area contributed by atoms with Crippen molar-refractivity contribution in [1.29, 1.82) is 0 Å². The molecule has 0 amide bonds. The van der Waals surface area contributed by atoms with Crippen molar-refractivity contribution in [2.24, 2.45) is 0 Å². The van der Waals surface area contributed by atoms with E-state index < -0.39 is 11.6 Å². The number of halogens is 2. The lowest BCUT2D eigenvalue weighted by Crippen LogP contribution is -2.03. The first-order chi connectivity index (χ1) is 14.0. The molecule has 0 aliphatic carbocycles. The number of ether oxygens (including phenoxy) is 1. The van der Waals surface area contributed by atoms with E-state index in [2.05, 4.69) is 20.3 Å². The Morgan fingerprint density at radius 1 is 1.17 bits per heavy atom. The Labute approximate surface area is 165 Å². The van der Waals surface area contributed by atoms with E-state index in [9.17, 15) is 9.50 Å². The highest BCUT2D eigenvalue weighted by Gasteiger charge is 2.21. The minimum atomic E-state index is -0.710. The first-order valence-corrected chi connectivity index (χ1v) is 9.00. The predicted molar refractivity (Wildman–Crippen MR) is 107 cm³/mol. The molecule has 29 heavy (non-hydrogen) atoms. The second kappa shape index (κ2) is 7.12. The van der Waals surface area contributed by atoms with E-state index in [-0.39, 0.29) is 23.0 Å². The van der Waals surface area contributed by atoms with Gasteiger partial charge < -0.3 is 15.2 Å². The molecule has 4 rings (SSSR count). The van der Waals surface area contributed by atoms with E-state index in [1.165, 1.54) is 31.5 Å². The standard InChI is InChI=1S/C21H18F2N4O2/c1-4-12-15(22)6-5-10-7-11(28)8-13(16(10)12)18-17(23)19-14(9-25-18)20(24-2)27-21(26-19)29-3/h5-9,28H,4H2,1-3H3,(H,24,26,27). The summed E-state index contributed by atoms with van der Waals surface area (Å²) in [6, 6.07) is 5.79. The summed E-state index contributed by atoms with van der Waals surface area (Å²) in [5.74, 6) is -0.808. The average Bonchev–Trinajstić information content (AvgIpc) is 2.73. The second-order valence-electron chi connectivity index (χ2n) is 6.46. The number of aryl methyl sites for hydroxylation is 1. The Hall–Kier alpha value is -3.55. The maximum atomic E-state index is 15.6. The SMILES string of the molecule is CCc1c(F)ccc2cc(O)cc(-c3ncc4c(NC)nc(OC)nc4c3F)c12. The van der Waals surface area contributed by atoms with Gasteiger partial charge in [-0.05, 0) is 41.0 Å². The molecular weight excluding hydrogens is 378 g/mol. The quantitative estimate of drug-likeness (QED) is 0.531. The molecule has 0 fully saturated rings. The topological polar surface area (TPSA) is 80.2 Å². The van der Waals surface area contributed by atoms with Crippen molar-refractivity contribution in [3.8, 4) is 23.0 Å². The van der Waals surface area contributed by atoms with Crippen LogP contribution in [0.5, 0.6) is 11.8 Å². The van der Waals surface area contributed by atoms with Crippen molar-refractivity contribution in [3.05, 3.63) is 47.7 Å². The summed E-state index contributed by atoms with van der Waals surface area (Å²) in [5, 5.41) is 14.5. The van der Waals surface area contributed by atoms with Crippen LogP contribution in [0.15, 0.2) is 30.5 Å². The Morgan fingerprint density at radius 2 is 1.97 bits per heavy atom. The molecule has 0 aliphatic heterocycles. The number of aromatic hydroxyl groups is 1. The number of nitrogens with one attached hydrogen (secondary N) is 1. The van der Waals surface area contributed by atoms with Crippen LogP contribution in [0.4, 0.5) is 14.6 Å². The number of hydrogen-bond donors (Lipinski definition) is 2. The van der Waals surface area contributed by atoms with Crippen LogP contribution in [0.1, 0.15) is 12.5 Å². The van der Waals surface area contributed by atoms with Gasteiger partial charge in [0.15, 0.2) is 5.82 Å². The maximum Gasteiger partial charge on any atom is 0.318 e. The molecule has 4 aromatic rings. The normalized spacial score (nSPS) is 11.2. The van der Waals surface area contributed by atoms with Gasteiger partial charge in [-0.3, -0.25) is 4.98 Å². The van der Waals surface area contributed by atoms with Gasteiger partial charge in [0.25, 0.3) is 0 Å². The van der Waals surface area contributed by atoms with Gasteiger partial charge in [-0.15, -0.1) is 0 Å². The number of fused-ring (bicyclic) bond motifs is 2. The fourth-order valence-corrected chi connectivity index (χ4v) is 3.54. The minimum absolute atomic E-state index is 0.000964. The summed E-state index contributed by atoms with van der Waals surface area (Å²) in [7, 11) is 3.03. The summed E-state index contributed by atoms with van der Waals surface area (Å²) in [6.07, 6.45) is 1.84. The molecule has 0 saturated heterocycles. The van der Waals surface area contributed by atoms with E-state index in [1.54, 1.807) is 13.1 Å². The highest BCUT2D eigenvalue weighted by molar-refractivity contribution is 6.01. The van der Waals surface area contributed by atoms with E-state index in [0.717, 1.165) is 0 Å². The first kappa shape index (κ1) is 18.8. The van der Waals surface area contributed by atoms with E-state index >= 15 is 4.39 Å². The lowest BCUT2D eigenvalue weighted by Gasteiger charge is -2.14. The Bertz CT molecular complexity index is 1260. The van der Waals surface area contributed by atoms with E-state index in [4.69, 9.17) is 4.74 Å². The fraction of sp³-hybridized carbons (Fsp3) is 0.190. The molecule has 2 heterocycles. The number of methoxy groups -OCH3 is 1. The smallest absolute Gasteiger partial charge is 0.318 e. The molecule has 0 radical (unpaired) electrons. The van der Waals surface area contributed by atoms with Gasteiger partial charge in [0.05, 0.1) is 12.5 Å². The summed E-state index contributed by atoms with van der Waals surface area (Å²) in [6.45, 7) is 1.82. The number of phenols is 1. The summed E-state index contributed by atoms with van der Waals surface area (Å²) in [5.41, 5.74) is 0.688. The van der Waals surface area contributed by atoms with Gasteiger partial charge in [0.1, 0.15) is 28.6 Å². The molecule has 0 spiro atoms. The van der Waals surface area contributed by atoms with Crippen molar-refractivity contribution in [2.45, 2.75) is 13.3 Å². The average molecular weight is 396 g/mol. The third kappa shape index (κ3) is 2.97. The first-order valence-electron chi connectivity index (χ1n) is 9.00. The fourth-order valence-electron chi connectivity index (χ4n) is 3.54. The molecule has 2 aromatic carbocycles. The molecule has 6 nitrogen and oxygen atoms in total. The Balaban J connectivity index is 2.11. The van der Waals surface area contributed by atoms with Gasteiger partial charge in [0, 0.05) is 18.8 Å². The van der Waals surface area contributed by atoms with Gasteiger partial charge in [0.2, 0.25) is 0 Å². The van der Waals surface area contributed by atoms with Crippen molar-refractivity contribution < 1.29 is 18.6 Å². The highest BCUT2D eigenvalue weighted by Crippen LogP contribution is 2.38. The summed E-state index contributed by atoms with van der Waals surface area (Å²) < 4.78 is 35.1. The number of rotatable bonds is 4. The van der Waals surface area contributed by atoms with Crippen LogP contribution in [0.3, 0.4) is 0 Å². The van der Waals surface area contributed by atoms with Crippen LogP contribution in [0.2, 0.25) is 0 Å². The molecular formula is C21H18F2N4O2. The molecule has 2 aromatic heterocycles. The second-order valence-corrected chi connectivity index (χ2v) is 6.46. The molecule has 0 saturated carbocycles. The highest BCUT2D eigenvalue weighted by atomic mass is 19.1. The van der Waals surface area contributed by atoms with Crippen molar-refractivity contribution in [2.75, 3.05) is 19.5 Å². The molecule has 2 N–H and O–H groups in total. The minimum Gasteiger partial charge on any atom is -0.508 e. The van der Waals surface area contributed by atoms with Crippen LogP contribution >= 0.6 is 0 Å². The third-order valence-corrected chi connectivity index (χ3v) is 4.84. The molecule has 0 aliphatic rings. The van der Waals surface area contributed by atoms with Gasteiger partial charge in [-0.25, -0.2) is 8.78 Å². The van der Waals surface area contributed by atoms with E-state index in [0.29, 0.717) is 39.5 Å². The molecule has 0 bridgehead atoms. The lowest BCUT2D eigenvalue weighted by molar-refractivity contribution is 0.382. The van der Waals surface area contributed by atoms with Crippen LogP contribution in [0.25, 0.3) is 32.9 Å². The molecule has 0 atom stereocenters.